The molecule has 0 spiro atoms. The van der Waals surface area contributed by atoms with Crippen LogP contribution < -0.4 is 11.1 Å². The lowest BCUT2D eigenvalue weighted by molar-refractivity contribution is 0.0927. The van der Waals surface area contributed by atoms with E-state index in [1.165, 1.54) is 11.3 Å². The van der Waals surface area contributed by atoms with Crippen molar-refractivity contribution in [1.82, 2.24) is 5.32 Å². The van der Waals surface area contributed by atoms with Crippen molar-refractivity contribution in [1.29, 1.82) is 0 Å². The lowest BCUT2D eigenvalue weighted by Gasteiger charge is -2.28. The zero-order valence-electron chi connectivity index (χ0n) is 10.8. The van der Waals surface area contributed by atoms with Gasteiger partial charge >= 0.3 is 0 Å². The number of fused-ring (bicyclic) bond motifs is 1. The summed E-state index contributed by atoms with van der Waals surface area (Å²) in [5, 5.41) is 17.0. The molecule has 1 aliphatic carbocycles. The fourth-order valence-corrected chi connectivity index (χ4v) is 4.68. The fraction of sp³-hybridized carbons (Fsp3) is 0.385. The fourth-order valence-electron chi connectivity index (χ4n) is 2.68. The molecule has 0 bridgehead atoms. The first-order valence-corrected chi connectivity index (χ1v) is 8.12. The molecule has 2 aromatic rings. The lowest BCUT2D eigenvalue weighted by atomic mass is 9.96. The Kier molecular flexibility index (Phi) is 3.39. The number of carbonyl (C=O) groups is 1. The molecular formula is C13H15N3O2S2. The van der Waals surface area contributed by atoms with E-state index in [-0.39, 0.29) is 11.7 Å². The van der Waals surface area contributed by atoms with Gasteiger partial charge < -0.3 is 16.3 Å². The molecule has 106 valence electrons. The Morgan fingerprint density at radius 2 is 2.15 bits per heavy atom. The van der Waals surface area contributed by atoms with Gasteiger partial charge in [0.1, 0.15) is 5.54 Å². The van der Waals surface area contributed by atoms with Gasteiger partial charge in [-0.25, -0.2) is 0 Å². The van der Waals surface area contributed by atoms with Crippen LogP contribution in [0, 0.1) is 0 Å². The van der Waals surface area contributed by atoms with Gasteiger partial charge in [-0.2, -0.15) is 0 Å². The van der Waals surface area contributed by atoms with Gasteiger partial charge in [-0.15, -0.1) is 22.7 Å². The van der Waals surface area contributed by atoms with Gasteiger partial charge in [0.2, 0.25) is 0 Å². The third-order valence-corrected chi connectivity index (χ3v) is 5.86. The van der Waals surface area contributed by atoms with Crippen LogP contribution in [0.4, 0.5) is 0 Å². The van der Waals surface area contributed by atoms with Crippen LogP contribution in [0.1, 0.15) is 35.4 Å². The number of thiophene rings is 2. The average Bonchev–Trinajstić information content (AvgIpc) is 3.12. The van der Waals surface area contributed by atoms with Crippen molar-refractivity contribution in [3.05, 3.63) is 22.4 Å². The predicted molar refractivity (Wildman–Crippen MR) is 81.8 cm³/mol. The largest absolute Gasteiger partial charge is 0.409 e. The predicted octanol–water partition coefficient (Wildman–Crippen LogP) is 2.75. The van der Waals surface area contributed by atoms with E-state index >= 15 is 0 Å². The van der Waals surface area contributed by atoms with Crippen LogP contribution in [0.25, 0.3) is 9.40 Å². The summed E-state index contributed by atoms with van der Waals surface area (Å²) >= 11 is 3.09. The van der Waals surface area contributed by atoms with Crippen molar-refractivity contribution in [2.75, 3.05) is 0 Å². The maximum absolute atomic E-state index is 12.4. The number of carbonyl (C=O) groups excluding carboxylic acids is 1. The molecule has 4 N–H and O–H groups in total. The molecule has 20 heavy (non-hydrogen) atoms. The van der Waals surface area contributed by atoms with Gasteiger partial charge in [-0.05, 0) is 30.4 Å². The van der Waals surface area contributed by atoms with Crippen molar-refractivity contribution in [2.24, 2.45) is 10.9 Å². The number of rotatable bonds is 3. The molecule has 7 heteroatoms. The van der Waals surface area contributed by atoms with Crippen LogP contribution in [0.2, 0.25) is 0 Å². The van der Waals surface area contributed by atoms with Crippen molar-refractivity contribution >= 4 is 43.8 Å². The van der Waals surface area contributed by atoms with Crippen molar-refractivity contribution in [2.45, 2.75) is 31.2 Å². The van der Waals surface area contributed by atoms with Crippen molar-refractivity contribution < 1.29 is 10.0 Å². The molecule has 1 fully saturated rings. The molecule has 1 saturated carbocycles. The number of oxime groups is 1. The Balaban J connectivity index is 1.85. The Bertz CT molecular complexity index is 640. The summed E-state index contributed by atoms with van der Waals surface area (Å²) in [5.41, 5.74) is 5.09. The molecule has 0 atom stereocenters. The van der Waals surface area contributed by atoms with E-state index in [4.69, 9.17) is 10.9 Å². The van der Waals surface area contributed by atoms with Crippen molar-refractivity contribution in [3.63, 3.8) is 0 Å². The van der Waals surface area contributed by atoms with Gasteiger partial charge in [-0.3, -0.25) is 4.79 Å². The number of hydrogen-bond acceptors (Lipinski definition) is 5. The summed E-state index contributed by atoms with van der Waals surface area (Å²) < 4.78 is 2.23. The molecule has 2 aromatic heterocycles. The summed E-state index contributed by atoms with van der Waals surface area (Å²) in [4.78, 5) is 13.1. The van der Waals surface area contributed by atoms with E-state index in [1.807, 2.05) is 17.5 Å². The minimum Gasteiger partial charge on any atom is -0.409 e. The first-order chi connectivity index (χ1) is 9.64. The standard InChI is InChI=1S/C13H15N3O2S2/c14-12(16-18)13(4-1-2-5-13)15-11(17)10-7-9-8(20-10)3-6-19-9/h3,6-7,18H,1-2,4-5H2,(H2,14,16)(H,15,17). The maximum Gasteiger partial charge on any atom is 0.262 e. The smallest absolute Gasteiger partial charge is 0.262 e. The minimum absolute atomic E-state index is 0.0988. The highest BCUT2D eigenvalue weighted by molar-refractivity contribution is 7.27. The van der Waals surface area contributed by atoms with Crippen LogP contribution in [-0.2, 0) is 0 Å². The number of hydrogen-bond donors (Lipinski definition) is 3. The normalized spacial score (nSPS) is 18.5. The van der Waals surface area contributed by atoms with E-state index in [9.17, 15) is 4.79 Å². The quantitative estimate of drug-likeness (QED) is 0.352. The maximum atomic E-state index is 12.4. The van der Waals surface area contributed by atoms with E-state index in [0.717, 1.165) is 22.2 Å². The second-order valence-electron chi connectivity index (χ2n) is 4.99. The van der Waals surface area contributed by atoms with E-state index in [1.54, 1.807) is 11.3 Å². The lowest BCUT2D eigenvalue weighted by Crippen LogP contribution is -2.55. The topological polar surface area (TPSA) is 87.7 Å². The second kappa shape index (κ2) is 5.06. The summed E-state index contributed by atoms with van der Waals surface area (Å²) in [6, 6.07) is 3.91. The highest BCUT2D eigenvalue weighted by Gasteiger charge is 2.40. The third kappa shape index (κ3) is 2.16. The zero-order chi connectivity index (χ0) is 14.2. The summed E-state index contributed by atoms with van der Waals surface area (Å²) in [6.45, 7) is 0. The average molecular weight is 309 g/mol. The number of amidine groups is 1. The van der Waals surface area contributed by atoms with Gasteiger partial charge in [0.05, 0.1) is 4.88 Å². The molecule has 2 heterocycles. The zero-order valence-corrected chi connectivity index (χ0v) is 12.4. The second-order valence-corrected chi connectivity index (χ2v) is 7.02. The van der Waals surface area contributed by atoms with Gasteiger partial charge in [-0.1, -0.05) is 18.0 Å². The Morgan fingerprint density at radius 3 is 2.80 bits per heavy atom. The third-order valence-electron chi connectivity index (χ3n) is 3.77. The molecule has 0 aromatic carbocycles. The van der Waals surface area contributed by atoms with E-state index in [0.29, 0.717) is 17.7 Å². The van der Waals surface area contributed by atoms with Crippen LogP contribution in [0.5, 0.6) is 0 Å². The Morgan fingerprint density at radius 1 is 1.40 bits per heavy atom. The van der Waals surface area contributed by atoms with Crippen LogP contribution in [-0.4, -0.2) is 22.5 Å². The Labute approximate surface area is 124 Å². The first-order valence-electron chi connectivity index (χ1n) is 6.42. The summed E-state index contributed by atoms with van der Waals surface area (Å²) in [7, 11) is 0. The molecule has 5 nitrogen and oxygen atoms in total. The number of nitrogens with zero attached hydrogens (tertiary/aromatic N) is 1. The molecule has 0 aliphatic heterocycles. The van der Waals surface area contributed by atoms with Crippen molar-refractivity contribution in [3.8, 4) is 0 Å². The highest BCUT2D eigenvalue weighted by Crippen LogP contribution is 2.33. The van der Waals surface area contributed by atoms with Crippen LogP contribution in [0.15, 0.2) is 22.7 Å². The van der Waals surface area contributed by atoms with Gasteiger partial charge in [0.15, 0.2) is 5.84 Å². The van der Waals surface area contributed by atoms with Crippen LogP contribution in [0.3, 0.4) is 0 Å². The molecule has 0 unspecified atom stereocenters. The highest BCUT2D eigenvalue weighted by atomic mass is 32.1. The molecule has 1 aliphatic rings. The first kappa shape index (κ1) is 13.4. The molecule has 0 radical (unpaired) electrons. The molecular weight excluding hydrogens is 294 g/mol. The summed E-state index contributed by atoms with van der Waals surface area (Å²) in [5.74, 6) is -0.0476. The van der Waals surface area contributed by atoms with Crippen LogP contribution >= 0.6 is 22.7 Å². The molecule has 1 amide bonds. The SMILES string of the molecule is N/C(=N/O)C1(NC(=O)c2cc3sccc3s2)CCCC1. The van der Waals surface area contributed by atoms with Gasteiger partial charge in [0.25, 0.3) is 5.91 Å². The molecule has 0 saturated heterocycles. The molecule has 3 rings (SSSR count). The Hall–Kier alpha value is -1.60. The number of nitrogens with two attached hydrogens (primary N) is 1. The minimum atomic E-state index is -0.691. The van der Waals surface area contributed by atoms with E-state index < -0.39 is 5.54 Å². The summed E-state index contributed by atoms with van der Waals surface area (Å²) in [6.07, 6.45) is 3.37. The monoisotopic (exact) mass is 309 g/mol. The van der Waals surface area contributed by atoms with Gasteiger partial charge in [0, 0.05) is 9.40 Å². The number of amides is 1. The number of nitrogens with one attached hydrogen (secondary N) is 1. The van der Waals surface area contributed by atoms with E-state index in [2.05, 4.69) is 10.5 Å².